The van der Waals surface area contributed by atoms with Crippen LogP contribution in [-0.2, 0) is 0 Å². The van der Waals surface area contributed by atoms with Gasteiger partial charge in [0.15, 0.2) is 11.3 Å². The van der Waals surface area contributed by atoms with Crippen molar-refractivity contribution in [2.75, 3.05) is 13.1 Å². The van der Waals surface area contributed by atoms with E-state index < -0.39 is 0 Å². The molecule has 0 amide bonds. The van der Waals surface area contributed by atoms with Gasteiger partial charge in [0.05, 0.1) is 11.7 Å². The van der Waals surface area contributed by atoms with E-state index in [4.69, 9.17) is 5.73 Å². The Morgan fingerprint density at radius 2 is 2.12 bits per heavy atom. The van der Waals surface area contributed by atoms with E-state index in [0.29, 0.717) is 17.9 Å². The highest BCUT2D eigenvalue weighted by Crippen LogP contribution is 2.30. The third kappa shape index (κ3) is 2.67. The Balaban J connectivity index is 0.000000252. The summed E-state index contributed by atoms with van der Waals surface area (Å²) in [6, 6.07) is 2.60. The van der Waals surface area contributed by atoms with E-state index in [1.54, 1.807) is 6.20 Å². The summed E-state index contributed by atoms with van der Waals surface area (Å²) >= 11 is 0. The molecule has 0 radical (unpaired) electrons. The van der Waals surface area contributed by atoms with Crippen LogP contribution in [-0.4, -0.2) is 43.7 Å². The van der Waals surface area contributed by atoms with Crippen molar-refractivity contribution >= 4 is 16.8 Å². The molecule has 0 unspecified atom stereocenters. The molecule has 1 saturated heterocycles. The maximum absolute atomic E-state index is 5.38. The molecular formula is C17H25N7. The Morgan fingerprint density at radius 1 is 1.29 bits per heavy atom. The van der Waals surface area contributed by atoms with Crippen LogP contribution < -0.4 is 11.1 Å². The Morgan fingerprint density at radius 3 is 2.83 bits per heavy atom. The van der Waals surface area contributed by atoms with Gasteiger partial charge in [-0.25, -0.2) is 4.98 Å². The van der Waals surface area contributed by atoms with E-state index in [1.807, 2.05) is 12.3 Å². The van der Waals surface area contributed by atoms with Crippen molar-refractivity contribution < 1.29 is 0 Å². The average molecular weight is 327 g/mol. The number of hydrogen-bond donors (Lipinski definition) is 3. The maximum Gasteiger partial charge on any atom is 0.179 e. The van der Waals surface area contributed by atoms with Crippen LogP contribution in [0.4, 0.5) is 0 Å². The topological polar surface area (TPSA) is 96.9 Å². The molecule has 4 heterocycles. The van der Waals surface area contributed by atoms with Crippen molar-refractivity contribution in [1.82, 2.24) is 29.9 Å². The minimum absolute atomic E-state index is 0.431. The summed E-state index contributed by atoms with van der Waals surface area (Å²) < 4.78 is 2.14. The molecule has 4 N–H and O–H groups in total. The summed E-state index contributed by atoms with van der Waals surface area (Å²) in [5, 5.41) is 12.2. The van der Waals surface area contributed by atoms with Gasteiger partial charge in [0.25, 0.3) is 0 Å². The first kappa shape index (κ1) is 15.5. The van der Waals surface area contributed by atoms with Gasteiger partial charge >= 0.3 is 0 Å². The summed E-state index contributed by atoms with van der Waals surface area (Å²) in [6.07, 6.45) is 8.73. The molecule has 0 spiro atoms. The van der Waals surface area contributed by atoms with Crippen LogP contribution in [0.1, 0.15) is 44.3 Å². The molecule has 2 atom stereocenters. The van der Waals surface area contributed by atoms with Gasteiger partial charge < -0.3 is 16.0 Å². The van der Waals surface area contributed by atoms with Crippen molar-refractivity contribution in [3.63, 3.8) is 0 Å². The molecule has 24 heavy (non-hydrogen) atoms. The number of nitrogens with one attached hydrogen (secondary N) is 2. The molecule has 0 bridgehead atoms. The van der Waals surface area contributed by atoms with Crippen molar-refractivity contribution in [3.8, 4) is 0 Å². The lowest BCUT2D eigenvalue weighted by molar-refractivity contribution is 0.418. The van der Waals surface area contributed by atoms with Crippen molar-refractivity contribution in [2.24, 2.45) is 11.7 Å². The molecule has 3 aromatic heterocycles. The number of fused-ring (bicyclic) bond motifs is 3. The fourth-order valence-electron chi connectivity index (χ4n) is 3.54. The van der Waals surface area contributed by atoms with Crippen molar-refractivity contribution in [1.29, 1.82) is 0 Å². The molecule has 1 saturated carbocycles. The number of rotatable bonds is 2. The van der Waals surface area contributed by atoms with E-state index in [0.717, 1.165) is 42.1 Å². The second-order valence-electron chi connectivity index (χ2n) is 6.85. The summed E-state index contributed by atoms with van der Waals surface area (Å²) in [7, 11) is 0. The van der Waals surface area contributed by atoms with Crippen LogP contribution >= 0.6 is 0 Å². The zero-order valence-corrected chi connectivity index (χ0v) is 14.1. The SMILES string of the molecule is CC[C@@H]1CNC[C@@H]1c1nnc2cnc3[nH]ccc3n12.NC1CCC1. The van der Waals surface area contributed by atoms with E-state index in [1.165, 1.54) is 19.3 Å². The Kier molecular flexibility index (Phi) is 4.20. The number of nitrogens with two attached hydrogens (primary N) is 1. The van der Waals surface area contributed by atoms with Crippen LogP contribution in [0, 0.1) is 5.92 Å². The summed E-state index contributed by atoms with van der Waals surface area (Å²) in [6.45, 7) is 4.28. The monoisotopic (exact) mass is 327 g/mol. The lowest BCUT2D eigenvalue weighted by Crippen LogP contribution is -2.27. The minimum atomic E-state index is 0.431. The molecule has 0 aromatic carbocycles. The second-order valence-corrected chi connectivity index (χ2v) is 6.85. The third-order valence-corrected chi connectivity index (χ3v) is 5.31. The molecule has 7 nitrogen and oxygen atoms in total. The van der Waals surface area contributed by atoms with Crippen molar-refractivity contribution in [2.45, 2.75) is 44.6 Å². The molecule has 128 valence electrons. The normalized spacial score (nSPS) is 24.1. The van der Waals surface area contributed by atoms with Gasteiger partial charge in [-0.05, 0) is 31.4 Å². The van der Waals surface area contributed by atoms with Gasteiger partial charge in [-0.1, -0.05) is 19.8 Å². The fraction of sp³-hybridized carbons (Fsp3) is 0.588. The predicted molar refractivity (Wildman–Crippen MR) is 93.9 cm³/mol. The molecule has 2 aliphatic rings. The fourth-order valence-corrected chi connectivity index (χ4v) is 3.54. The highest BCUT2D eigenvalue weighted by Gasteiger charge is 2.31. The van der Waals surface area contributed by atoms with E-state index in [-0.39, 0.29) is 0 Å². The number of hydrogen-bond acceptors (Lipinski definition) is 5. The number of H-pyrrole nitrogens is 1. The zero-order valence-electron chi connectivity index (χ0n) is 14.1. The van der Waals surface area contributed by atoms with Gasteiger partial charge in [0.1, 0.15) is 5.82 Å². The summed E-state index contributed by atoms with van der Waals surface area (Å²) in [5.74, 6) is 2.12. The Hall–Kier alpha value is -1.99. The van der Waals surface area contributed by atoms with E-state index in [2.05, 4.69) is 36.8 Å². The molecule has 1 aliphatic heterocycles. The van der Waals surface area contributed by atoms with Gasteiger partial charge in [-0.2, -0.15) is 0 Å². The predicted octanol–water partition coefficient (Wildman–Crippen LogP) is 1.82. The lowest BCUT2D eigenvalue weighted by Gasteiger charge is -2.18. The molecule has 7 heteroatoms. The van der Waals surface area contributed by atoms with Gasteiger partial charge in [-0.15, -0.1) is 10.2 Å². The number of nitrogens with zero attached hydrogens (tertiary/aromatic N) is 4. The maximum atomic E-state index is 5.38. The number of aromatic amines is 1. The Bertz CT molecular complexity index is 817. The first-order chi connectivity index (χ1) is 11.8. The average Bonchev–Trinajstić information content (AvgIpc) is 3.29. The van der Waals surface area contributed by atoms with Crippen LogP contribution in [0.15, 0.2) is 18.5 Å². The van der Waals surface area contributed by atoms with Crippen LogP contribution in [0.2, 0.25) is 0 Å². The second kappa shape index (κ2) is 6.49. The highest BCUT2D eigenvalue weighted by molar-refractivity contribution is 5.74. The van der Waals surface area contributed by atoms with Gasteiger partial charge in [0.2, 0.25) is 0 Å². The molecule has 3 aromatic rings. The zero-order chi connectivity index (χ0) is 16.5. The Labute approximate surface area is 141 Å². The first-order valence-electron chi connectivity index (χ1n) is 8.91. The molecule has 5 rings (SSSR count). The van der Waals surface area contributed by atoms with Crippen LogP contribution in [0.5, 0.6) is 0 Å². The molecular weight excluding hydrogens is 302 g/mol. The van der Waals surface area contributed by atoms with Crippen LogP contribution in [0.3, 0.4) is 0 Å². The third-order valence-electron chi connectivity index (χ3n) is 5.31. The quantitative estimate of drug-likeness (QED) is 0.667. The standard InChI is InChI=1S/C13H16N6.C4H9N/c1-2-8-5-14-6-9(8)13-18-17-11-7-16-12-10(19(11)13)3-4-15-12;5-4-2-1-3-4/h3-4,7-9,14-15H,2,5-6H2,1H3;4H,1-3,5H2/t8-,9+;/m1./s1. The summed E-state index contributed by atoms with van der Waals surface area (Å²) in [5.41, 5.74) is 8.14. The number of aromatic nitrogens is 5. The largest absolute Gasteiger partial charge is 0.345 e. The smallest absolute Gasteiger partial charge is 0.179 e. The van der Waals surface area contributed by atoms with E-state index in [9.17, 15) is 0 Å². The van der Waals surface area contributed by atoms with Gasteiger partial charge in [-0.3, -0.25) is 4.40 Å². The molecule has 1 aliphatic carbocycles. The highest BCUT2D eigenvalue weighted by atomic mass is 15.3. The minimum Gasteiger partial charge on any atom is -0.345 e. The molecule has 2 fully saturated rings. The first-order valence-corrected chi connectivity index (χ1v) is 8.91. The van der Waals surface area contributed by atoms with Crippen molar-refractivity contribution in [3.05, 3.63) is 24.3 Å². The van der Waals surface area contributed by atoms with Crippen LogP contribution in [0.25, 0.3) is 16.8 Å². The van der Waals surface area contributed by atoms with E-state index >= 15 is 0 Å². The lowest BCUT2D eigenvalue weighted by atomic mass is 9.93. The summed E-state index contributed by atoms with van der Waals surface area (Å²) in [4.78, 5) is 7.50. The van der Waals surface area contributed by atoms with Gasteiger partial charge in [0, 0.05) is 24.7 Å².